The Morgan fingerprint density at radius 3 is 2.19 bits per heavy atom. The fourth-order valence-electron chi connectivity index (χ4n) is 3.36. The Balaban J connectivity index is 1.58. The van der Waals surface area contributed by atoms with Crippen LogP contribution in [0, 0.1) is 6.92 Å². The number of carbonyl (C=O) groups is 1. The molecule has 0 aliphatic rings. The van der Waals surface area contributed by atoms with Gasteiger partial charge in [-0.15, -0.1) is 0 Å². The van der Waals surface area contributed by atoms with Gasteiger partial charge in [-0.3, -0.25) is 4.79 Å². The number of fused-ring (bicyclic) bond motifs is 1. The lowest BCUT2D eigenvalue weighted by atomic mass is 9.98. The fraction of sp³-hybridized carbons (Fsp3) is 0.125. The number of rotatable bonds is 5. The number of carbonyl (C=O) groups excluding carboxylic acids is 1. The van der Waals surface area contributed by atoms with Gasteiger partial charge >= 0.3 is 0 Å². The second-order valence-electron chi connectivity index (χ2n) is 6.76. The van der Waals surface area contributed by atoms with Crippen molar-refractivity contribution in [3.63, 3.8) is 0 Å². The Labute approximate surface area is 158 Å². The SMILES string of the molecule is Cc1ccc2c(CC(=O)NC(c3ccccc3)c3ccccc3)coc2c1. The Kier molecular flexibility index (Phi) is 4.75. The molecule has 0 aliphatic carbocycles. The summed E-state index contributed by atoms with van der Waals surface area (Å²) >= 11 is 0. The van der Waals surface area contributed by atoms with E-state index in [1.54, 1.807) is 6.26 Å². The molecule has 1 heterocycles. The maximum Gasteiger partial charge on any atom is 0.225 e. The van der Waals surface area contributed by atoms with Gasteiger partial charge in [0.25, 0.3) is 0 Å². The number of hydrogen-bond donors (Lipinski definition) is 1. The van der Waals surface area contributed by atoms with E-state index in [0.717, 1.165) is 33.2 Å². The Bertz CT molecular complexity index is 1010. The van der Waals surface area contributed by atoms with Crippen molar-refractivity contribution in [3.8, 4) is 0 Å². The van der Waals surface area contributed by atoms with Crippen LogP contribution in [-0.2, 0) is 11.2 Å². The minimum absolute atomic E-state index is 0.0315. The highest BCUT2D eigenvalue weighted by atomic mass is 16.3. The number of nitrogens with one attached hydrogen (secondary N) is 1. The number of hydrogen-bond acceptors (Lipinski definition) is 2. The van der Waals surface area contributed by atoms with Gasteiger partial charge in [-0.2, -0.15) is 0 Å². The van der Waals surface area contributed by atoms with Crippen molar-refractivity contribution in [3.05, 3.63) is 107 Å². The molecule has 0 fully saturated rings. The summed E-state index contributed by atoms with van der Waals surface area (Å²) in [6.45, 7) is 2.03. The van der Waals surface area contributed by atoms with Gasteiger partial charge in [-0.05, 0) is 29.7 Å². The van der Waals surface area contributed by atoms with E-state index in [1.165, 1.54) is 0 Å². The van der Waals surface area contributed by atoms with E-state index in [0.29, 0.717) is 0 Å². The molecule has 0 atom stereocenters. The highest BCUT2D eigenvalue weighted by molar-refractivity contribution is 5.88. The summed E-state index contributed by atoms with van der Waals surface area (Å²) in [5.74, 6) is -0.0315. The van der Waals surface area contributed by atoms with Gasteiger partial charge < -0.3 is 9.73 Å². The van der Waals surface area contributed by atoms with Crippen LogP contribution < -0.4 is 5.32 Å². The topological polar surface area (TPSA) is 42.2 Å². The second kappa shape index (κ2) is 7.50. The van der Waals surface area contributed by atoms with Crippen molar-refractivity contribution < 1.29 is 9.21 Å². The first-order valence-electron chi connectivity index (χ1n) is 9.07. The summed E-state index contributed by atoms with van der Waals surface area (Å²) < 4.78 is 5.63. The molecule has 0 spiro atoms. The molecule has 3 aromatic carbocycles. The zero-order valence-electron chi connectivity index (χ0n) is 15.2. The molecule has 1 aromatic heterocycles. The number of amides is 1. The van der Waals surface area contributed by atoms with Crippen LogP contribution in [0.25, 0.3) is 11.0 Å². The lowest BCUT2D eigenvalue weighted by Gasteiger charge is -2.20. The summed E-state index contributed by atoms with van der Waals surface area (Å²) in [4.78, 5) is 12.8. The van der Waals surface area contributed by atoms with Crippen molar-refractivity contribution in [2.75, 3.05) is 0 Å². The van der Waals surface area contributed by atoms with E-state index in [9.17, 15) is 4.79 Å². The lowest BCUT2D eigenvalue weighted by molar-refractivity contribution is -0.120. The molecule has 1 N–H and O–H groups in total. The van der Waals surface area contributed by atoms with Gasteiger partial charge in [0.2, 0.25) is 5.91 Å². The molecule has 0 saturated heterocycles. The van der Waals surface area contributed by atoms with E-state index in [2.05, 4.69) is 5.32 Å². The minimum Gasteiger partial charge on any atom is -0.464 e. The second-order valence-corrected chi connectivity index (χ2v) is 6.76. The molecule has 0 bridgehead atoms. The van der Waals surface area contributed by atoms with Crippen LogP contribution in [0.3, 0.4) is 0 Å². The summed E-state index contributed by atoms with van der Waals surface area (Å²) in [6.07, 6.45) is 1.97. The summed E-state index contributed by atoms with van der Waals surface area (Å²) in [6, 6.07) is 25.9. The largest absolute Gasteiger partial charge is 0.464 e. The third-order valence-electron chi connectivity index (χ3n) is 4.73. The average molecular weight is 355 g/mol. The Morgan fingerprint density at radius 1 is 0.926 bits per heavy atom. The van der Waals surface area contributed by atoms with Gasteiger partial charge in [-0.25, -0.2) is 0 Å². The van der Waals surface area contributed by atoms with Crippen LogP contribution in [0.5, 0.6) is 0 Å². The van der Waals surface area contributed by atoms with Gasteiger partial charge in [0.05, 0.1) is 18.7 Å². The molecule has 0 radical (unpaired) electrons. The highest BCUT2D eigenvalue weighted by Crippen LogP contribution is 2.25. The molecule has 4 rings (SSSR count). The fourth-order valence-corrected chi connectivity index (χ4v) is 3.36. The predicted octanol–water partition coefficient (Wildman–Crippen LogP) is 5.19. The molecule has 27 heavy (non-hydrogen) atoms. The van der Waals surface area contributed by atoms with Gasteiger partial charge in [0.15, 0.2) is 0 Å². The first-order valence-corrected chi connectivity index (χ1v) is 9.07. The van der Waals surface area contributed by atoms with Crippen LogP contribution >= 0.6 is 0 Å². The van der Waals surface area contributed by atoms with Crippen LogP contribution in [0.4, 0.5) is 0 Å². The van der Waals surface area contributed by atoms with Crippen LogP contribution in [0.1, 0.15) is 28.3 Å². The Morgan fingerprint density at radius 2 is 1.56 bits per heavy atom. The van der Waals surface area contributed by atoms with Crippen molar-refractivity contribution in [1.82, 2.24) is 5.32 Å². The molecular weight excluding hydrogens is 334 g/mol. The lowest BCUT2D eigenvalue weighted by Crippen LogP contribution is -2.30. The molecule has 0 unspecified atom stereocenters. The van der Waals surface area contributed by atoms with Crippen molar-refractivity contribution in [2.24, 2.45) is 0 Å². The summed E-state index contributed by atoms with van der Waals surface area (Å²) in [7, 11) is 0. The molecule has 0 aliphatic heterocycles. The van der Waals surface area contributed by atoms with E-state index >= 15 is 0 Å². The third-order valence-corrected chi connectivity index (χ3v) is 4.73. The molecule has 3 heteroatoms. The maximum atomic E-state index is 12.8. The number of furan rings is 1. The zero-order valence-corrected chi connectivity index (χ0v) is 15.2. The quantitative estimate of drug-likeness (QED) is 0.535. The zero-order chi connectivity index (χ0) is 18.6. The number of benzene rings is 3. The van der Waals surface area contributed by atoms with E-state index in [1.807, 2.05) is 85.8 Å². The van der Waals surface area contributed by atoms with E-state index in [-0.39, 0.29) is 18.4 Å². The van der Waals surface area contributed by atoms with Crippen molar-refractivity contribution in [2.45, 2.75) is 19.4 Å². The van der Waals surface area contributed by atoms with Crippen LogP contribution in [-0.4, -0.2) is 5.91 Å². The van der Waals surface area contributed by atoms with Gasteiger partial charge in [-0.1, -0.05) is 72.8 Å². The smallest absolute Gasteiger partial charge is 0.225 e. The maximum absolute atomic E-state index is 12.8. The number of aryl methyl sites for hydroxylation is 1. The minimum atomic E-state index is -0.180. The van der Waals surface area contributed by atoms with Crippen molar-refractivity contribution >= 4 is 16.9 Å². The molecule has 134 valence electrons. The predicted molar refractivity (Wildman–Crippen MR) is 108 cm³/mol. The molecule has 4 aromatic rings. The standard InChI is InChI=1S/C24H21NO2/c1-17-12-13-21-20(16-27-22(21)14-17)15-23(26)25-24(18-8-4-2-5-9-18)19-10-6-3-7-11-19/h2-14,16,24H,15H2,1H3,(H,25,26). The van der Waals surface area contributed by atoms with E-state index < -0.39 is 0 Å². The van der Waals surface area contributed by atoms with Gasteiger partial charge in [0.1, 0.15) is 5.58 Å². The normalized spacial score (nSPS) is 11.0. The third kappa shape index (κ3) is 3.77. The molecule has 3 nitrogen and oxygen atoms in total. The van der Waals surface area contributed by atoms with Gasteiger partial charge in [0, 0.05) is 10.9 Å². The molecule has 1 amide bonds. The highest BCUT2D eigenvalue weighted by Gasteiger charge is 2.18. The molecule has 0 saturated carbocycles. The van der Waals surface area contributed by atoms with Crippen molar-refractivity contribution in [1.29, 1.82) is 0 Å². The summed E-state index contributed by atoms with van der Waals surface area (Å²) in [5, 5.41) is 4.18. The van der Waals surface area contributed by atoms with E-state index in [4.69, 9.17) is 4.42 Å². The summed E-state index contributed by atoms with van der Waals surface area (Å²) in [5.41, 5.74) is 4.98. The molecular formula is C24H21NO2. The van der Waals surface area contributed by atoms with Crippen LogP contribution in [0.15, 0.2) is 89.5 Å². The van der Waals surface area contributed by atoms with Crippen LogP contribution in [0.2, 0.25) is 0 Å². The first kappa shape index (κ1) is 17.1. The Hall–Kier alpha value is -3.33. The monoisotopic (exact) mass is 355 g/mol. The first-order chi connectivity index (χ1) is 13.2. The average Bonchev–Trinajstić information content (AvgIpc) is 3.09.